The molecule has 1 aromatic heterocycles. The van der Waals surface area contributed by atoms with Gasteiger partial charge in [-0.3, -0.25) is 4.79 Å². The Hall–Kier alpha value is -2.76. The summed E-state index contributed by atoms with van der Waals surface area (Å²) in [6.45, 7) is 3.71. The molecule has 2 aliphatic rings. The Kier molecular flexibility index (Phi) is 5.14. The lowest BCUT2D eigenvalue weighted by Crippen LogP contribution is -2.46. The fraction of sp³-hybridized carbons (Fsp3) is 0.429. The first-order valence-electron chi connectivity index (χ1n) is 9.64. The maximum Gasteiger partial charge on any atom is 0.228 e. The van der Waals surface area contributed by atoms with Crippen molar-refractivity contribution in [3.8, 4) is 5.75 Å². The highest BCUT2D eigenvalue weighted by molar-refractivity contribution is 5.92. The van der Waals surface area contributed by atoms with Crippen molar-refractivity contribution in [3.05, 3.63) is 42.6 Å². The van der Waals surface area contributed by atoms with Gasteiger partial charge in [-0.05, 0) is 37.1 Å². The van der Waals surface area contributed by atoms with Gasteiger partial charge < -0.3 is 19.9 Å². The lowest BCUT2D eigenvalue weighted by Gasteiger charge is -2.37. The molecule has 0 spiro atoms. The van der Waals surface area contributed by atoms with Crippen molar-refractivity contribution < 1.29 is 9.53 Å². The highest BCUT2D eigenvalue weighted by atomic mass is 16.5. The standard InChI is InChI=1S/C21H26N4O2/c1-27-19-8-3-2-7-18(19)25-13-11-24(12-14-25)17-9-10-20(22-15-17)23-21(26)16-5-4-6-16/h2-3,7-10,15-16H,4-6,11-14H2,1H3,(H,22,23,26). The van der Waals surface area contributed by atoms with Crippen molar-refractivity contribution in [3.63, 3.8) is 0 Å². The van der Waals surface area contributed by atoms with Crippen LogP contribution in [0, 0.1) is 5.92 Å². The van der Waals surface area contributed by atoms with Crippen molar-refractivity contribution in [2.24, 2.45) is 5.92 Å². The number of carbonyl (C=O) groups excluding carboxylic acids is 1. The third-order valence-electron chi connectivity index (χ3n) is 5.55. The molecule has 27 heavy (non-hydrogen) atoms. The van der Waals surface area contributed by atoms with Crippen molar-refractivity contribution in [1.82, 2.24) is 4.98 Å². The number of aromatic nitrogens is 1. The Morgan fingerprint density at radius 2 is 1.81 bits per heavy atom. The number of carbonyl (C=O) groups is 1. The molecular weight excluding hydrogens is 340 g/mol. The van der Waals surface area contributed by atoms with Crippen molar-refractivity contribution in [2.75, 3.05) is 48.4 Å². The Morgan fingerprint density at radius 1 is 1.07 bits per heavy atom. The number of pyridine rings is 1. The average molecular weight is 366 g/mol. The lowest BCUT2D eigenvalue weighted by atomic mass is 9.85. The van der Waals surface area contributed by atoms with Gasteiger partial charge in [0.15, 0.2) is 0 Å². The number of para-hydroxylation sites is 2. The molecule has 0 unspecified atom stereocenters. The molecule has 6 heteroatoms. The molecule has 1 aliphatic carbocycles. The summed E-state index contributed by atoms with van der Waals surface area (Å²) in [5.74, 6) is 1.84. The number of anilines is 3. The Morgan fingerprint density at radius 3 is 2.44 bits per heavy atom. The second-order valence-corrected chi connectivity index (χ2v) is 7.16. The highest BCUT2D eigenvalue weighted by Gasteiger charge is 2.25. The number of benzene rings is 1. The van der Waals surface area contributed by atoms with Crippen LogP contribution in [0.1, 0.15) is 19.3 Å². The van der Waals surface area contributed by atoms with Gasteiger partial charge in [-0.25, -0.2) is 4.98 Å². The quantitative estimate of drug-likeness (QED) is 0.881. The third-order valence-corrected chi connectivity index (χ3v) is 5.55. The number of piperazine rings is 1. The van der Waals surface area contributed by atoms with E-state index in [2.05, 4.69) is 26.2 Å². The van der Waals surface area contributed by atoms with Gasteiger partial charge in [0.05, 0.1) is 24.7 Å². The van der Waals surface area contributed by atoms with Crippen LogP contribution in [0.3, 0.4) is 0 Å². The normalized spacial score (nSPS) is 17.4. The molecule has 1 amide bonds. The molecule has 6 nitrogen and oxygen atoms in total. The monoisotopic (exact) mass is 366 g/mol. The van der Waals surface area contributed by atoms with E-state index in [-0.39, 0.29) is 11.8 Å². The van der Waals surface area contributed by atoms with Gasteiger partial charge in [0, 0.05) is 32.1 Å². The zero-order valence-corrected chi connectivity index (χ0v) is 15.7. The van der Waals surface area contributed by atoms with E-state index >= 15 is 0 Å². The van der Waals surface area contributed by atoms with E-state index in [0.717, 1.165) is 62.6 Å². The molecule has 2 heterocycles. The predicted octanol–water partition coefficient (Wildman–Crippen LogP) is 3.16. The van der Waals surface area contributed by atoms with Crippen LogP contribution in [0.4, 0.5) is 17.2 Å². The fourth-order valence-electron chi connectivity index (χ4n) is 3.64. The van der Waals surface area contributed by atoms with Gasteiger partial charge in [0.1, 0.15) is 11.6 Å². The molecular formula is C21H26N4O2. The molecule has 1 aromatic carbocycles. The topological polar surface area (TPSA) is 57.7 Å². The number of nitrogens with one attached hydrogen (secondary N) is 1. The number of rotatable bonds is 5. The second-order valence-electron chi connectivity index (χ2n) is 7.16. The van der Waals surface area contributed by atoms with Crippen LogP contribution < -0.4 is 19.9 Å². The number of methoxy groups -OCH3 is 1. The third kappa shape index (κ3) is 3.84. The number of hydrogen-bond acceptors (Lipinski definition) is 5. The minimum Gasteiger partial charge on any atom is -0.495 e. The summed E-state index contributed by atoms with van der Waals surface area (Å²) in [6, 6.07) is 12.1. The van der Waals surface area contributed by atoms with Crippen LogP contribution in [0.25, 0.3) is 0 Å². The summed E-state index contributed by atoms with van der Waals surface area (Å²) >= 11 is 0. The smallest absolute Gasteiger partial charge is 0.228 e. The molecule has 1 aliphatic heterocycles. The van der Waals surface area contributed by atoms with E-state index in [9.17, 15) is 4.79 Å². The number of hydrogen-bond donors (Lipinski definition) is 1. The van der Waals surface area contributed by atoms with Gasteiger partial charge in [0.2, 0.25) is 5.91 Å². The van der Waals surface area contributed by atoms with Crippen LogP contribution in [-0.2, 0) is 4.79 Å². The summed E-state index contributed by atoms with van der Waals surface area (Å²) in [5.41, 5.74) is 2.24. The largest absolute Gasteiger partial charge is 0.495 e. The first-order chi connectivity index (χ1) is 13.2. The van der Waals surface area contributed by atoms with Gasteiger partial charge >= 0.3 is 0 Å². The number of amides is 1. The molecule has 2 fully saturated rings. The van der Waals surface area contributed by atoms with Crippen LogP contribution >= 0.6 is 0 Å². The van der Waals surface area contributed by atoms with E-state index in [1.165, 1.54) is 0 Å². The van der Waals surface area contributed by atoms with Crippen LogP contribution in [0.15, 0.2) is 42.6 Å². The van der Waals surface area contributed by atoms with E-state index < -0.39 is 0 Å². The van der Waals surface area contributed by atoms with Gasteiger partial charge in [-0.1, -0.05) is 18.6 Å². The zero-order valence-electron chi connectivity index (χ0n) is 15.7. The molecule has 1 saturated heterocycles. The maximum absolute atomic E-state index is 12.0. The maximum atomic E-state index is 12.0. The zero-order chi connectivity index (χ0) is 18.6. The number of nitrogens with zero attached hydrogens (tertiary/aromatic N) is 3. The van der Waals surface area contributed by atoms with Crippen molar-refractivity contribution >= 4 is 23.1 Å². The van der Waals surface area contributed by atoms with E-state index in [1.54, 1.807) is 7.11 Å². The Labute approximate surface area is 160 Å². The lowest BCUT2D eigenvalue weighted by molar-refractivity contribution is -0.122. The summed E-state index contributed by atoms with van der Waals surface area (Å²) in [7, 11) is 1.71. The molecule has 1 saturated carbocycles. The molecule has 0 radical (unpaired) electrons. The van der Waals surface area contributed by atoms with E-state index in [1.807, 2.05) is 36.5 Å². The molecule has 1 N–H and O–H groups in total. The minimum absolute atomic E-state index is 0.104. The molecule has 142 valence electrons. The van der Waals surface area contributed by atoms with Gasteiger partial charge in [-0.2, -0.15) is 0 Å². The SMILES string of the molecule is COc1ccccc1N1CCN(c2ccc(NC(=O)C3CCC3)nc2)CC1. The summed E-state index contributed by atoms with van der Waals surface area (Å²) in [4.78, 5) is 21.1. The predicted molar refractivity (Wildman–Crippen MR) is 108 cm³/mol. The molecule has 0 bridgehead atoms. The summed E-state index contributed by atoms with van der Waals surface area (Å²) in [5, 5.41) is 2.92. The Balaban J connectivity index is 1.34. The van der Waals surface area contributed by atoms with Gasteiger partial charge in [-0.15, -0.1) is 0 Å². The molecule has 4 rings (SSSR count). The van der Waals surface area contributed by atoms with Crippen LogP contribution in [0.2, 0.25) is 0 Å². The van der Waals surface area contributed by atoms with Crippen LogP contribution in [-0.4, -0.2) is 44.2 Å². The van der Waals surface area contributed by atoms with Crippen molar-refractivity contribution in [2.45, 2.75) is 19.3 Å². The van der Waals surface area contributed by atoms with Crippen molar-refractivity contribution in [1.29, 1.82) is 0 Å². The van der Waals surface area contributed by atoms with E-state index in [0.29, 0.717) is 5.82 Å². The molecule has 0 atom stereocenters. The number of ether oxygens (including phenoxy) is 1. The molecule has 2 aromatic rings. The highest BCUT2D eigenvalue weighted by Crippen LogP contribution is 2.30. The second kappa shape index (κ2) is 7.86. The summed E-state index contributed by atoms with van der Waals surface area (Å²) < 4.78 is 5.48. The van der Waals surface area contributed by atoms with E-state index in [4.69, 9.17) is 4.74 Å². The first kappa shape index (κ1) is 17.6. The first-order valence-corrected chi connectivity index (χ1v) is 9.64. The Bertz CT molecular complexity index is 781. The minimum atomic E-state index is 0.104. The fourth-order valence-corrected chi connectivity index (χ4v) is 3.64. The summed E-state index contributed by atoms with van der Waals surface area (Å²) in [6.07, 6.45) is 5.02. The van der Waals surface area contributed by atoms with Crippen LogP contribution in [0.5, 0.6) is 5.75 Å². The average Bonchev–Trinajstić information content (AvgIpc) is 2.67. The van der Waals surface area contributed by atoms with Gasteiger partial charge in [0.25, 0.3) is 0 Å².